The number of hydrogen-bond donors (Lipinski definition) is 1. The number of nitrogens with zero attached hydrogens (tertiary/aromatic N) is 1. The highest BCUT2D eigenvalue weighted by molar-refractivity contribution is 7.90. The number of aryl methyl sites for hydroxylation is 1. The van der Waals surface area contributed by atoms with Crippen LogP contribution in [0.5, 0.6) is 11.5 Å². The topological polar surface area (TPSA) is 103 Å². The number of benzene rings is 2. The highest BCUT2D eigenvalue weighted by Gasteiger charge is 2.31. The first-order chi connectivity index (χ1) is 17.1. The van der Waals surface area contributed by atoms with Crippen molar-refractivity contribution in [1.82, 2.24) is 4.98 Å². The van der Waals surface area contributed by atoms with Crippen LogP contribution in [-0.2, 0) is 27.2 Å². The zero-order valence-electron chi connectivity index (χ0n) is 20.6. The van der Waals surface area contributed by atoms with Gasteiger partial charge >= 0.3 is 12.1 Å². The van der Waals surface area contributed by atoms with Gasteiger partial charge in [0.1, 0.15) is 11.5 Å². The number of carboxylic acids is 1. The van der Waals surface area contributed by atoms with Crippen LogP contribution in [0, 0.1) is 6.92 Å². The fraction of sp³-hybridized carbons (Fsp3) is 0.308. The summed E-state index contributed by atoms with van der Waals surface area (Å²) in [7, 11) is -3.74. The first-order valence-electron chi connectivity index (χ1n) is 11.1. The smallest absolute Gasteiger partial charge is 0.416 e. The monoisotopic (exact) mass is 537 g/mol. The fourth-order valence-electron chi connectivity index (χ4n) is 3.39. The maximum atomic E-state index is 12.8. The molecule has 0 unspecified atom stereocenters. The van der Waals surface area contributed by atoms with Crippen molar-refractivity contribution >= 4 is 15.8 Å². The molecule has 0 atom stereocenters. The van der Waals surface area contributed by atoms with Crippen LogP contribution < -0.4 is 9.47 Å². The molecule has 3 aromatic rings. The lowest BCUT2D eigenvalue weighted by Gasteiger charge is -2.23. The molecule has 1 N–H and O–H groups in total. The second-order valence-corrected chi connectivity index (χ2v) is 10.9. The Morgan fingerprint density at radius 1 is 1.03 bits per heavy atom. The van der Waals surface area contributed by atoms with Gasteiger partial charge in [-0.05, 0) is 68.3 Å². The number of carbonyl (C=O) groups is 1. The van der Waals surface area contributed by atoms with Gasteiger partial charge in [0.2, 0.25) is 0 Å². The molecule has 0 saturated carbocycles. The van der Waals surface area contributed by atoms with Gasteiger partial charge in [-0.15, -0.1) is 0 Å². The summed E-state index contributed by atoms with van der Waals surface area (Å²) >= 11 is 0. The molecule has 2 aromatic carbocycles. The first-order valence-corrected chi connectivity index (χ1v) is 13.0. The van der Waals surface area contributed by atoms with Crippen LogP contribution in [0.1, 0.15) is 30.5 Å². The largest absolute Gasteiger partial charge is 0.493 e. The average Bonchev–Trinajstić information content (AvgIpc) is 2.79. The Balaban J connectivity index is 1.75. The van der Waals surface area contributed by atoms with Crippen LogP contribution in [0.15, 0.2) is 59.6 Å². The highest BCUT2D eigenvalue weighted by Crippen LogP contribution is 2.31. The normalized spacial score (nSPS) is 12.3. The van der Waals surface area contributed by atoms with Gasteiger partial charge in [-0.3, -0.25) is 0 Å². The molecule has 0 aliphatic heterocycles. The number of alkyl halides is 3. The van der Waals surface area contributed by atoms with Gasteiger partial charge in [0.15, 0.2) is 20.5 Å². The van der Waals surface area contributed by atoms with Crippen LogP contribution in [0.4, 0.5) is 13.2 Å². The molecule has 1 aromatic heterocycles. The molecular weight excluding hydrogens is 511 g/mol. The molecule has 1 heterocycles. The van der Waals surface area contributed by atoms with Crippen molar-refractivity contribution in [2.24, 2.45) is 0 Å². The maximum Gasteiger partial charge on any atom is 0.416 e. The molecule has 0 spiro atoms. The molecule has 3 rings (SSSR count). The summed E-state index contributed by atoms with van der Waals surface area (Å²) in [5.74, 6) is -0.234. The third-order valence-corrected chi connectivity index (χ3v) is 6.52. The average molecular weight is 538 g/mol. The van der Waals surface area contributed by atoms with Gasteiger partial charge in [-0.2, -0.15) is 13.2 Å². The molecule has 0 radical (unpaired) electrons. The second kappa shape index (κ2) is 10.4. The van der Waals surface area contributed by atoms with Gasteiger partial charge in [0, 0.05) is 18.2 Å². The van der Waals surface area contributed by atoms with E-state index in [0.717, 1.165) is 18.4 Å². The van der Waals surface area contributed by atoms with Crippen molar-refractivity contribution in [3.05, 3.63) is 71.3 Å². The van der Waals surface area contributed by atoms with E-state index in [2.05, 4.69) is 4.98 Å². The van der Waals surface area contributed by atoms with E-state index in [9.17, 15) is 31.5 Å². The van der Waals surface area contributed by atoms with Gasteiger partial charge < -0.3 is 14.6 Å². The summed E-state index contributed by atoms with van der Waals surface area (Å²) in [6.07, 6.45) is -3.27. The molecule has 0 saturated heterocycles. The highest BCUT2D eigenvalue weighted by atomic mass is 32.2. The van der Waals surface area contributed by atoms with Crippen molar-refractivity contribution in [1.29, 1.82) is 0 Å². The lowest BCUT2D eigenvalue weighted by atomic mass is 10.1. The number of hydrogen-bond acceptors (Lipinski definition) is 6. The molecular formula is C26H26F3NO6S. The zero-order chi connectivity index (χ0) is 27.6. The Hall–Kier alpha value is -3.60. The van der Waals surface area contributed by atoms with E-state index < -0.39 is 33.1 Å². The molecule has 37 heavy (non-hydrogen) atoms. The number of ether oxygens (including phenoxy) is 2. The second-order valence-electron chi connectivity index (χ2n) is 8.95. The van der Waals surface area contributed by atoms with Gasteiger partial charge in [0.05, 0.1) is 17.9 Å². The van der Waals surface area contributed by atoms with Crippen molar-refractivity contribution in [3.8, 4) is 22.8 Å². The minimum absolute atomic E-state index is 0.115. The molecule has 0 fully saturated rings. The molecule has 0 amide bonds. The lowest BCUT2D eigenvalue weighted by molar-refractivity contribution is -0.152. The van der Waals surface area contributed by atoms with Crippen molar-refractivity contribution in [2.45, 2.75) is 44.0 Å². The minimum Gasteiger partial charge on any atom is -0.493 e. The Kier molecular flexibility index (Phi) is 7.87. The van der Waals surface area contributed by atoms with E-state index in [-0.39, 0.29) is 23.7 Å². The van der Waals surface area contributed by atoms with Crippen LogP contribution >= 0.6 is 0 Å². The fourth-order valence-corrected chi connectivity index (χ4v) is 4.31. The number of sulfone groups is 1. The van der Waals surface area contributed by atoms with E-state index in [1.807, 2.05) is 0 Å². The summed E-state index contributed by atoms with van der Waals surface area (Å²) in [6.45, 7) is 4.74. The van der Waals surface area contributed by atoms with Crippen LogP contribution in [0.25, 0.3) is 11.3 Å². The number of aromatic nitrogens is 1. The predicted molar refractivity (Wildman–Crippen MR) is 131 cm³/mol. The van der Waals surface area contributed by atoms with E-state index in [4.69, 9.17) is 9.47 Å². The predicted octanol–water partition coefficient (Wildman–Crippen LogP) is 5.34. The number of rotatable bonds is 9. The number of pyridine rings is 1. The third kappa shape index (κ3) is 7.00. The number of carboxylic acid groups (broad SMARTS) is 1. The Morgan fingerprint density at radius 3 is 2.22 bits per heavy atom. The SMILES string of the molecule is Cc1cc(OCCc2ccc(-c3ccc(C(F)(F)F)cc3)nc2S(C)(=O)=O)ccc1OC(C)(C)C(=O)O. The van der Waals surface area contributed by atoms with Crippen LogP contribution in [0.3, 0.4) is 0 Å². The van der Waals surface area contributed by atoms with Crippen molar-refractivity contribution < 1.29 is 41.0 Å². The van der Waals surface area contributed by atoms with E-state index >= 15 is 0 Å². The van der Waals surface area contributed by atoms with E-state index in [1.54, 1.807) is 37.3 Å². The third-order valence-electron chi connectivity index (χ3n) is 5.46. The Bertz CT molecular complexity index is 1400. The molecule has 11 heteroatoms. The Labute approximate surface area is 212 Å². The molecule has 7 nitrogen and oxygen atoms in total. The number of halogens is 3. The van der Waals surface area contributed by atoms with Crippen LogP contribution in [0.2, 0.25) is 0 Å². The quantitative estimate of drug-likeness (QED) is 0.393. The molecule has 0 bridgehead atoms. The summed E-state index contributed by atoms with van der Waals surface area (Å²) in [4.78, 5) is 15.5. The van der Waals surface area contributed by atoms with Crippen molar-refractivity contribution in [3.63, 3.8) is 0 Å². The van der Waals surface area contributed by atoms with Gasteiger partial charge in [0.25, 0.3) is 0 Å². The summed E-state index contributed by atoms with van der Waals surface area (Å²) < 4.78 is 74.6. The molecule has 0 aliphatic rings. The zero-order valence-corrected chi connectivity index (χ0v) is 21.4. The van der Waals surface area contributed by atoms with Crippen molar-refractivity contribution in [2.75, 3.05) is 12.9 Å². The lowest BCUT2D eigenvalue weighted by Crippen LogP contribution is -2.38. The standard InChI is InChI=1S/C26H26F3NO6S/c1-16-15-20(10-12-22(16)36-25(2,3)24(31)32)35-14-13-18-7-11-21(30-23(18)37(4,33)34)17-5-8-19(9-6-17)26(27,28)29/h5-12,15H,13-14H2,1-4H3,(H,31,32). The Morgan fingerprint density at radius 2 is 1.68 bits per heavy atom. The minimum atomic E-state index is -4.48. The first kappa shape index (κ1) is 28.0. The van der Waals surface area contributed by atoms with Gasteiger partial charge in [-0.1, -0.05) is 18.2 Å². The van der Waals surface area contributed by atoms with E-state index in [1.165, 1.54) is 26.0 Å². The van der Waals surface area contributed by atoms with Gasteiger partial charge in [-0.25, -0.2) is 18.2 Å². The maximum absolute atomic E-state index is 12.8. The summed E-state index contributed by atoms with van der Waals surface area (Å²) in [5.41, 5.74) is -0.578. The summed E-state index contributed by atoms with van der Waals surface area (Å²) in [5, 5.41) is 9.06. The van der Waals surface area contributed by atoms with E-state index in [0.29, 0.717) is 28.2 Å². The summed E-state index contributed by atoms with van der Waals surface area (Å²) in [6, 6.07) is 12.3. The molecule has 198 valence electrons. The molecule has 0 aliphatic carbocycles. The van der Waals surface area contributed by atoms with Crippen LogP contribution in [-0.4, -0.2) is 42.9 Å². The number of aliphatic carboxylic acids is 1.